The molecule has 0 radical (unpaired) electrons. The monoisotopic (exact) mass is 298 g/mol. The van der Waals surface area contributed by atoms with E-state index in [1.807, 2.05) is 6.92 Å². The molecule has 0 bridgehead atoms. The molecule has 0 unspecified atom stereocenters. The topological polar surface area (TPSA) is 99.4 Å². The standard InChI is InChI=1S/C13H22N4O4/c1-4-6-7-20-8-9-21-12-11(17(18)19)10(3)15-13(16-12)14-5-2/h4-9H2,1-3H3,(H,14,15,16). The molecule has 0 fully saturated rings. The Morgan fingerprint density at radius 2 is 2.00 bits per heavy atom. The van der Waals surface area contributed by atoms with Crippen LogP contribution in [-0.4, -0.2) is 41.3 Å². The molecule has 0 aliphatic rings. The van der Waals surface area contributed by atoms with Gasteiger partial charge >= 0.3 is 5.69 Å². The van der Waals surface area contributed by atoms with Crippen molar-refractivity contribution in [3.05, 3.63) is 15.8 Å². The first-order valence-electron chi connectivity index (χ1n) is 7.07. The SMILES string of the molecule is CCCCOCCOc1nc(NCC)nc(C)c1[N+](=O)[O-]. The molecule has 0 aliphatic heterocycles. The minimum Gasteiger partial charge on any atom is -0.470 e. The number of nitro groups is 1. The number of hydrogen-bond acceptors (Lipinski definition) is 7. The zero-order valence-electron chi connectivity index (χ0n) is 12.7. The highest BCUT2D eigenvalue weighted by molar-refractivity contribution is 5.48. The van der Waals surface area contributed by atoms with Crippen molar-refractivity contribution >= 4 is 11.6 Å². The Kier molecular flexibility index (Phi) is 7.38. The predicted octanol–water partition coefficient (Wildman–Crippen LogP) is 2.32. The molecule has 0 spiro atoms. The van der Waals surface area contributed by atoms with Crippen LogP contribution in [0.3, 0.4) is 0 Å². The number of unbranched alkanes of at least 4 members (excludes halogenated alkanes) is 1. The van der Waals surface area contributed by atoms with Crippen LogP contribution >= 0.6 is 0 Å². The second kappa shape index (κ2) is 9.06. The van der Waals surface area contributed by atoms with Crippen LogP contribution in [0.15, 0.2) is 0 Å². The lowest BCUT2D eigenvalue weighted by atomic mass is 10.3. The Hall–Kier alpha value is -1.96. The van der Waals surface area contributed by atoms with Gasteiger partial charge in [0.2, 0.25) is 5.95 Å². The first-order chi connectivity index (χ1) is 10.1. The van der Waals surface area contributed by atoms with Crippen LogP contribution in [0.2, 0.25) is 0 Å². The van der Waals surface area contributed by atoms with Gasteiger partial charge in [-0.25, -0.2) is 4.98 Å². The third kappa shape index (κ3) is 5.50. The fourth-order valence-corrected chi connectivity index (χ4v) is 1.63. The summed E-state index contributed by atoms with van der Waals surface area (Å²) in [5.74, 6) is 0.296. The van der Waals surface area contributed by atoms with Crippen molar-refractivity contribution in [1.82, 2.24) is 9.97 Å². The zero-order chi connectivity index (χ0) is 15.7. The molecule has 21 heavy (non-hydrogen) atoms. The van der Waals surface area contributed by atoms with E-state index < -0.39 is 4.92 Å². The number of ether oxygens (including phenoxy) is 2. The Balaban J connectivity index is 2.71. The molecule has 1 rings (SSSR count). The van der Waals surface area contributed by atoms with Gasteiger partial charge in [-0.1, -0.05) is 13.3 Å². The molecule has 0 saturated heterocycles. The molecule has 8 nitrogen and oxygen atoms in total. The molecule has 0 saturated carbocycles. The minimum absolute atomic E-state index is 0.0254. The van der Waals surface area contributed by atoms with Crippen LogP contribution in [-0.2, 0) is 4.74 Å². The van der Waals surface area contributed by atoms with Gasteiger partial charge in [0.15, 0.2) is 0 Å². The average Bonchev–Trinajstić information content (AvgIpc) is 2.42. The molecule has 1 heterocycles. The van der Waals surface area contributed by atoms with Crippen molar-refractivity contribution in [2.24, 2.45) is 0 Å². The Morgan fingerprint density at radius 1 is 1.24 bits per heavy atom. The van der Waals surface area contributed by atoms with Crippen LogP contribution in [0.5, 0.6) is 5.88 Å². The molecule has 0 atom stereocenters. The van der Waals surface area contributed by atoms with E-state index in [9.17, 15) is 10.1 Å². The molecule has 1 N–H and O–H groups in total. The van der Waals surface area contributed by atoms with Gasteiger partial charge in [0, 0.05) is 13.2 Å². The molecule has 8 heteroatoms. The first-order valence-corrected chi connectivity index (χ1v) is 7.07. The third-order valence-corrected chi connectivity index (χ3v) is 2.65. The van der Waals surface area contributed by atoms with E-state index in [2.05, 4.69) is 22.2 Å². The number of hydrogen-bond donors (Lipinski definition) is 1. The quantitative estimate of drug-likeness (QED) is 0.402. The molecular formula is C13H22N4O4. The minimum atomic E-state index is -0.529. The zero-order valence-corrected chi connectivity index (χ0v) is 12.7. The number of anilines is 1. The normalized spacial score (nSPS) is 10.4. The summed E-state index contributed by atoms with van der Waals surface area (Å²) in [6, 6.07) is 0. The van der Waals surface area contributed by atoms with Gasteiger partial charge in [0.05, 0.1) is 11.5 Å². The molecule has 1 aromatic rings. The van der Waals surface area contributed by atoms with Gasteiger partial charge in [0.1, 0.15) is 12.3 Å². The predicted molar refractivity (Wildman–Crippen MR) is 78.8 cm³/mol. The fourth-order valence-electron chi connectivity index (χ4n) is 1.63. The number of nitrogens with one attached hydrogen (secondary N) is 1. The number of aryl methyl sites for hydroxylation is 1. The smallest absolute Gasteiger partial charge is 0.352 e. The first kappa shape index (κ1) is 17.1. The van der Waals surface area contributed by atoms with E-state index in [0.29, 0.717) is 25.7 Å². The van der Waals surface area contributed by atoms with E-state index >= 15 is 0 Å². The Morgan fingerprint density at radius 3 is 2.62 bits per heavy atom. The summed E-state index contributed by atoms with van der Waals surface area (Å²) < 4.78 is 10.7. The molecule has 1 aromatic heterocycles. The van der Waals surface area contributed by atoms with Crippen molar-refractivity contribution in [2.45, 2.75) is 33.6 Å². The second-order valence-electron chi connectivity index (χ2n) is 4.39. The van der Waals surface area contributed by atoms with Crippen molar-refractivity contribution < 1.29 is 14.4 Å². The van der Waals surface area contributed by atoms with Crippen LogP contribution in [0, 0.1) is 17.0 Å². The summed E-state index contributed by atoms with van der Waals surface area (Å²) in [5.41, 5.74) is 0.0677. The lowest BCUT2D eigenvalue weighted by molar-refractivity contribution is -0.387. The third-order valence-electron chi connectivity index (χ3n) is 2.65. The summed E-state index contributed by atoms with van der Waals surface area (Å²) in [5, 5.41) is 14.0. The second-order valence-corrected chi connectivity index (χ2v) is 4.39. The van der Waals surface area contributed by atoms with E-state index in [1.165, 1.54) is 0 Å². The van der Waals surface area contributed by atoms with Crippen molar-refractivity contribution in [3.63, 3.8) is 0 Å². The van der Waals surface area contributed by atoms with Gasteiger partial charge < -0.3 is 14.8 Å². The van der Waals surface area contributed by atoms with Crippen molar-refractivity contribution in [3.8, 4) is 5.88 Å². The molecular weight excluding hydrogens is 276 g/mol. The van der Waals surface area contributed by atoms with Gasteiger partial charge in [-0.15, -0.1) is 0 Å². The van der Waals surface area contributed by atoms with E-state index in [1.54, 1.807) is 6.92 Å². The molecule has 118 valence electrons. The van der Waals surface area contributed by atoms with Crippen molar-refractivity contribution in [2.75, 3.05) is 31.7 Å². The maximum Gasteiger partial charge on any atom is 0.352 e. The summed E-state index contributed by atoms with van der Waals surface area (Å²) in [4.78, 5) is 18.6. The maximum absolute atomic E-state index is 11.1. The molecule has 0 aliphatic carbocycles. The van der Waals surface area contributed by atoms with Gasteiger partial charge in [-0.05, 0) is 20.3 Å². The van der Waals surface area contributed by atoms with Crippen LogP contribution < -0.4 is 10.1 Å². The molecule has 0 amide bonds. The number of aromatic nitrogens is 2. The number of rotatable bonds is 10. The largest absolute Gasteiger partial charge is 0.470 e. The Labute approximate surface area is 124 Å². The average molecular weight is 298 g/mol. The summed E-state index contributed by atoms with van der Waals surface area (Å²) in [7, 11) is 0. The van der Waals surface area contributed by atoms with E-state index in [4.69, 9.17) is 9.47 Å². The van der Waals surface area contributed by atoms with Gasteiger partial charge in [-0.3, -0.25) is 10.1 Å². The van der Waals surface area contributed by atoms with Gasteiger partial charge in [0.25, 0.3) is 5.88 Å². The molecule has 0 aromatic carbocycles. The van der Waals surface area contributed by atoms with Gasteiger partial charge in [-0.2, -0.15) is 4.98 Å². The fraction of sp³-hybridized carbons (Fsp3) is 0.692. The summed E-state index contributed by atoms with van der Waals surface area (Å²) >= 11 is 0. The van der Waals surface area contributed by atoms with Crippen molar-refractivity contribution in [1.29, 1.82) is 0 Å². The highest BCUT2D eigenvalue weighted by Crippen LogP contribution is 2.28. The summed E-state index contributed by atoms with van der Waals surface area (Å²) in [6.07, 6.45) is 2.04. The lowest BCUT2D eigenvalue weighted by Gasteiger charge is -2.09. The highest BCUT2D eigenvalue weighted by Gasteiger charge is 2.23. The number of nitrogens with zero attached hydrogens (tertiary/aromatic N) is 3. The highest BCUT2D eigenvalue weighted by atomic mass is 16.6. The Bertz CT molecular complexity index is 468. The van der Waals surface area contributed by atoms with Crippen LogP contribution in [0.1, 0.15) is 32.4 Å². The summed E-state index contributed by atoms with van der Waals surface area (Å²) in [6.45, 7) is 7.40. The lowest BCUT2D eigenvalue weighted by Crippen LogP contribution is -2.12. The maximum atomic E-state index is 11.1. The van der Waals surface area contributed by atoms with Crippen LogP contribution in [0.25, 0.3) is 0 Å². The van der Waals surface area contributed by atoms with Crippen LogP contribution in [0.4, 0.5) is 11.6 Å². The van der Waals surface area contributed by atoms with E-state index in [-0.39, 0.29) is 23.9 Å². The van der Waals surface area contributed by atoms with E-state index in [0.717, 1.165) is 12.8 Å².